The zero-order valence-electron chi connectivity index (χ0n) is 13.1. The second-order valence-electron chi connectivity index (χ2n) is 5.30. The van der Waals surface area contributed by atoms with E-state index in [1.807, 2.05) is 31.2 Å². The molecule has 23 heavy (non-hydrogen) atoms. The van der Waals surface area contributed by atoms with Gasteiger partial charge in [-0.15, -0.1) is 0 Å². The van der Waals surface area contributed by atoms with Gasteiger partial charge in [0.1, 0.15) is 5.75 Å². The monoisotopic (exact) mass is 313 g/mol. The van der Waals surface area contributed by atoms with E-state index in [0.29, 0.717) is 6.54 Å². The molecule has 2 rings (SSSR count). The minimum absolute atomic E-state index is 0.0316. The molecule has 0 saturated heterocycles. The molecule has 1 unspecified atom stereocenters. The third-order valence-corrected chi connectivity index (χ3v) is 3.32. The number of esters is 1. The van der Waals surface area contributed by atoms with Gasteiger partial charge in [0.05, 0.1) is 5.56 Å². The van der Waals surface area contributed by atoms with Gasteiger partial charge in [0.25, 0.3) is 5.91 Å². The van der Waals surface area contributed by atoms with Crippen LogP contribution < -0.4 is 5.32 Å². The number of hydrogen-bond donors (Lipinski definition) is 2. The number of phenolic OH excluding ortho intramolecular Hbond substituents is 1. The van der Waals surface area contributed by atoms with Gasteiger partial charge in [-0.05, 0) is 37.6 Å². The summed E-state index contributed by atoms with van der Waals surface area (Å²) in [6, 6.07) is 13.6. The number of aromatic hydroxyl groups is 1. The summed E-state index contributed by atoms with van der Waals surface area (Å²) in [5.74, 6) is -1.06. The second kappa shape index (κ2) is 7.45. The van der Waals surface area contributed by atoms with Crippen molar-refractivity contribution in [1.29, 1.82) is 0 Å². The Morgan fingerprint density at radius 2 is 1.87 bits per heavy atom. The Bertz CT molecular complexity index is 694. The number of amides is 1. The Labute approximate surface area is 134 Å². The van der Waals surface area contributed by atoms with Crippen molar-refractivity contribution in [3.8, 4) is 5.75 Å². The van der Waals surface area contributed by atoms with E-state index < -0.39 is 12.1 Å². The van der Waals surface area contributed by atoms with Crippen LogP contribution in [0.15, 0.2) is 48.5 Å². The average molecular weight is 313 g/mol. The second-order valence-corrected chi connectivity index (χ2v) is 5.30. The van der Waals surface area contributed by atoms with Gasteiger partial charge < -0.3 is 15.2 Å². The fourth-order valence-corrected chi connectivity index (χ4v) is 1.95. The van der Waals surface area contributed by atoms with Crippen LogP contribution in [0.1, 0.15) is 28.4 Å². The molecule has 0 aromatic heterocycles. The standard InChI is InChI=1S/C18H19NO4/c1-12-6-8-14(9-7-12)11-19-17(21)13(2)23-18(22)15-4-3-5-16(20)10-15/h3-10,13,20H,11H2,1-2H3,(H,19,21). The van der Waals surface area contributed by atoms with Crippen molar-refractivity contribution in [1.82, 2.24) is 5.32 Å². The van der Waals surface area contributed by atoms with Gasteiger partial charge in [-0.2, -0.15) is 0 Å². The molecule has 0 radical (unpaired) electrons. The Kier molecular flexibility index (Phi) is 5.36. The van der Waals surface area contributed by atoms with Gasteiger partial charge in [-0.1, -0.05) is 35.9 Å². The molecule has 5 nitrogen and oxygen atoms in total. The molecule has 0 aliphatic rings. The Morgan fingerprint density at radius 3 is 2.52 bits per heavy atom. The van der Waals surface area contributed by atoms with E-state index in [9.17, 15) is 14.7 Å². The average Bonchev–Trinajstić information content (AvgIpc) is 2.54. The summed E-state index contributed by atoms with van der Waals surface area (Å²) in [7, 11) is 0. The summed E-state index contributed by atoms with van der Waals surface area (Å²) in [6.45, 7) is 3.86. The molecule has 1 atom stereocenters. The summed E-state index contributed by atoms with van der Waals surface area (Å²) in [6.07, 6.45) is -0.921. The van der Waals surface area contributed by atoms with Crippen LogP contribution >= 0.6 is 0 Å². The molecule has 0 aliphatic carbocycles. The summed E-state index contributed by atoms with van der Waals surface area (Å²) in [4.78, 5) is 23.9. The van der Waals surface area contributed by atoms with E-state index in [1.165, 1.54) is 31.2 Å². The minimum Gasteiger partial charge on any atom is -0.508 e. The molecule has 0 aliphatic heterocycles. The van der Waals surface area contributed by atoms with Crippen LogP contribution in [0, 0.1) is 6.92 Å². The molecule has 120 valence electrons. The summed E-state index contributed by atoms with van der Waals surface area (Å²) < 4.78 is 5.10. The molecule has 1 amide bonds. The molecule has 0 bridgehead atoms. The third-order valence-electron chi connectivity index (χ3n) is 3.32. The van der Waals surface area contributed by atoms with Crippen LogP contribution in [0.4, 0.5) is 0 Å². The predicted molar refractivity (Wildman–Crippen MR) is 86.0 cm³/mol. The first-order valence-electron chi connectivity index (χ1n) is 7.29. The largest absolute Gasteiger partial charge is 0.508 e. The Morgan fingerprint density at radius 1 is 1.17 bits per heavy atom. The number of phenols is 1. The number of rotatable bonds is 5. The van der Waals surface area contributed by atoms with Gasteiger partial charge >= 0.3 is 5.97 Å². The lowest BCUT2D eigenvalue weighted by atomic mass is 10.1. The molecular weight excluding hydrogens is 294 g/mol. The highest BCUT2D eigenvalue weighted by Crippen LogP contribution is 2.12. The number of hydrogen-bond acceptors (Lipinski definition) is 4. The molecule has 5 heteroatoms. The van der Waals surface area contributed by atoms with Crippen LogP contribution in [0.5, 0.6) is 5.75 Å². The van der Waals surface area contributed by atoms with E-state index in [-0.39, 0.29) is 17.2 Å². The maximum Gasteiger partial charge on any atom is 0.339 e. The number of benzene rings is 2. The van der Waals surface area contributed by atoms with Gasteiger partial charge in [-0.25, -0.2) is 4.79 Å². The van der Waals surface area contributed by atoms with E-state index in [0.717, 1.165) is 11.1 Å². The summed E-state index contributed by atoms with van der Waals surface area (Å²) in [5.41, 5.74) is 2.31. The van der Waals surface area contributed by atoms with E-state index in [1.54, 1.807) is 0 Å². The van der Waals surface area contributed by atoms with E-state index >= 15 is 0 Å². The zero-order chi connectivity index (χ0) is 16.8. The number of carbonyl (C=O) groups is 2. The van der Waals surface area contributed by atoms with Crippen molar-refractivity contribution in [3.63, 3.8) is 0 Å². The van der Waals surface area contributed by atoms with E-state index in [4.69, 9.17) is 4.74 Å². The van der Waals surface area contributed by atoms with Crippen molar-refractivity contribution in [2.24, 2.45) is 0 Å². The quantitative estimate of drug-likeness (QED) is 0.832. The maximum absolute atomic E-state index is 12.0. The van der Waals surface area contributed by atoms with Crippen molar-refractivity contribution in [2.45, 2.75) is 26.5 Å². The lowest BCUT2D eigenvalue weighted by Crippen LogP contribution is -2.35. The molecule has 2 aromatic rings. The smallest absolute Gasteiger partial charge is 0.339 e. The molecule has 0 heterocycles. The van der Waals surface area contributed by atoms with Gasteiger partial charge in [0.15, 0.2) is 6.10 Å². The minimum atomic E-state index is -0.921. The molecule has 0 spiro atoms. The lowest BCUT2D eigenvalue weighted by molar-refractivity contribution is -0.129. The van der Waals surface area contributed by atoms with Crippen molar-refractivity contribution < 1.29 is 19.4 Å². The van der Waals surface area contributed by atoms with Gasteiger partial charge in [0.2, 0.25) is 0 Å². The SMILES string of the molecule is Cc1ccc(CNC(=O)C(C)OC(=O)c2cccc(O)c2)cc1. The van der Waals surface area contributed by atoms with Crippen molar-refractivity contribution in [2.75, 3.05) is 0 Å². The molecule has 2 aromatic carbocycles. The zero-order valence-corrected chi connectivity index (χ0v) is 13.1. The number of carbonyl (C=O) groups excluding carboxylic acids is 2. The number of ether oxygens (including phenoxy) is 1. The normalized spacial score (nSPS) is 11.6. The predicted octanol–water partition coefficient (Wildman–Crippen LogP) is 2.56. The van der Waals surface area contributed by atoms with Gasteiger partial charge in [-0.3, -0.25) is 4.79 Å². The first-order valence-corrected chi connectivity index (χ1v) is 7.29. The highest BCUT2D eigenvalue weighted by Gasteiger charge is 2.18. The first kappa shape index (κ1) is 16.5. The summed E-state index contributed by atoms with van der Waals surface area (Å²) in [5, 5.41) is 12.1. The molecular formula is C18H19NO4. The fraction of sp³-hybridized carbons (Fsp3) is 0.222. The van der Waals surface area contributed by atoms with Crippen LogP contribution in [0.3, 0.4) is 0 Å². The number of aryl methyl sites for hydroxylation is 1. The lowest BCUT2D eigenvalue weighted by Gasteiger charge is -2.13. The first-order chi connectivity index (χ1) is 11.0. The van der Waals surface area contributed by atoms with Crippen LogP contribution in [-0.4, -0.2) is 23.1 Å². The van der Waals surface area contributed by atoms with E-state index in [2.05, 4.69) is 5.32 Å². The highest BCUT2D eigenvalue weighted by molar-refractivity contribution is 5.92. The third kappa shape index (κ3) is 4.85. The highest BCUT2D eigenvalue weighted by atomic mass is 16.5. The fourth-order valence-electron chi connectivity index (χ4n) is 1.95. The van der Waals surface area contributed by atoms with Crippen molar-refractivity contribution in [3.05, 3.63) is 65.2 Å². The molecule has 2 N–H and O–H groups in total. The number of nitrogens with one attached hydrogen (secondary N) is 1. The maximum atomic E-state index is 12.0. The van der Waals surface area contributed by atoms with Crippen molar-refractivity contribution >= 4 is 11.9 Å². The van der Waals surface area contributed by atoms with Gasteiger partial charge in [0, 0.05) is 6.54 Å². The van der Waals surface area contributed by atoms with Crippen LogP contribution in [0.2, 0.25) is 0 Å². The van der Waals surface area contributed by atoms with Crippen LogP contribution in [0.25, 0.3) is 0 Å². The molecule has 0 fully saturated rings. The summed E-state index contributed by atoms with van der Waals surface area (Å²) >= 11 is 0. The van der Waals surface area contributed by atoms with Crippen LogP contribution in [-0.2, 0) is 16.1 Å². The molecule has 0 saturated carbocycles. The Hall–Kier alpha value is -2.82. The topological polar surface area (TPSA) is 75.6 Å². The Balaban J connectivity index is 1.87.